The molecule has 2 aliphatic rings. The maximum atomic E-state index is 4.54. The van der Waals surface area contributed by atoms with E-state index in [9.17, 15) is 0 Å². The van der Waals surface area contributed by atoms with Gasteiger partial charge in [0.15, 0.2) is 0 Å². The zero-order chi connectivity index (χ0) is 13.2. The number of nitrogens with zero attached hydrogens (tertiary/aromatic N) is 3. The van der Waals surface area contributed by atoms with Gasteiger partial charge in [0.25, 0.3) is 0 Å². The predicted molar refractivity (Wildman–Crippen MR) is 76.8 cm³/mol. The van der Waals surface area contributed by atoms with Crippen molar-refractivity contribution in [3.63, 3.8) is 0 Å². The van der Waals surface area contributed by atoms with Crippen LogP contribution in [0.4, 0.5) is 0 Å². The molecule has 4 nitrogen and oxygen atoms in total. The Balaban J connectivity index is 1.65. The molecule has 19 heavy (non-hydrogen) atoms. The number of aryl methyl sites for hydroxylation is 1. The molecule has 2 unspecified atom stereocenters. The first-order valence-corrected chi connectivity index (χ1v) is 7.72. The SMILES string of the molecule is CCCC1CNC(C2CC2)CN1Cc1ccn(C)n1. The topological polar surface area (TPSA) is 33.1 Å². The van der Waals surface area contributed by atoms with Crippen molar-refractivity contribution in [2.75, 3.05) is 13.1 Å². The van der Waals surface area contributed by atoms with Crippen molar-refractivity contribution in [1.82, 2.24) is 20.0 Å². The number of hydrogen-bond acceptors (Lipinski definition) is 3. The Kier molecular flexibility index (Phi) is 3.89. The Hall–Kier alpha value is -0.870. The lowest BCUT2D eigenvalue weighted by Crippen LogP contribution is -2.56. The fourth-order valence-corrected chi connectivity index (χ4v) is 3.26. The van der Waals surface area contributed by atoms with E-state index in [0.717, 1.165) is 25.0 Å². The highest BCUT2D eigenvalue weighted by atomic mass is 15.3. The molecule has 1 N–H and O–H groups in total. The normalized spacial score (nSPS) is 28.7. The highest BCUT2D eigenvalue weighted by Crippen LogP contribution is 2.34. The fourth-order valence-electron chi connectivity index (χ4n) is 3.26. The molecule has 1 saturated carbocycles. The largest absolute Gasteiger partial charge is 0.311 e. The molecular formula is C15H26N4. The summed E-state index contributed by atoms with van der Waals surface area (Å²) in [7, 11) is 2.00. The van der Waals surface area contributed by atoms with Crippen molar-refractivity contribution in [1.29, 1.82) is 0 Å². The molecule has 3 rings (SSSR count). The second kappa shape index (κ2) is 5.63. The summed E-state index contributed by atoms with van der Waals surface area (Å²) in [6.07, 6.45) is 7.45. The molecule has 106 valence electrons. The van der Waals surface area contributed by atoms with Gasteiger partial charge in [0.1, 0.15) is 0 Å². The summed E-state index contributed by atoms with van der Waals surface area (Å²) in [6.45, 7) is 5.65. The third-order valence-corrected chi connectivity index (χ3v) is 4.51. The van der Waals surface area contributed by atoms with Crippen molar-refractivity contribution in [3.8, 4) is 0 Å². The third-order valence-electron chi connectivity index (χ3n) is 4.51. The van der Waals surface area contributed by atoms with Crippen LogP contribution >= 0.6 is 0 Å². The maximum absolute atomic E-state index is 4.54. The lowest BCUT2D eigenvalue weighted by atomic mass is 10.0. The van der Waals surface area contributed by atoms with Gasteiger partial charge in [-0.3, -0.25) is 9.58 Å². The van der Waals surface area contributed by atoms with E-state index in [1.54, 1.807) is 0 Å². The number of hydrogen-bond donors (Lipinski definition) is 1. The van der Waals surface area contributed by atoms with Crippen molar-refractivity contribution in [3.05, 3.63) is 18.0 Å². The van der Waals surface area contributed by atoms with E-state index < -0.39 is 0 Å². The molecule has 1 aliphatic carbocycles. The number of rotatable bonds is 5. The van der Waals surface area contributed by atoms with Gasteiger partial charge < -0.3 is 5.32 Å². The highest BCUT2D eigenvalue weighted by Gasteiger charge is 2.36. The van der Waals surface area contributed by atoms with Crippen molar-refractivity contribution in [2.45, 2.75) is 51.2 Å². The number of nitrogens with one attached hydrogen (secondary N) is 1. The summed E-state index contributed by atoms with van der Waals surface area (Å²) >= 11 is 0. The molecule has 2 heterocycles. The van der Waals surface area contributed by atoms with Gasteiger partial charge in [-0.25, -0.2) is 0 Å². The summed E-state index contributed by atoms with van der Waals surface area (Å²) in [5, 5.41) is 8.31. The van der Waals surface area contributed by atoms with Gasteiger partial charge in [0.2, 0.25) is 0 Å². The Bertz CT molecular complexity index is 410. The zero-order valence-corrected chi connectivity index (χ0v) is 12.2. The first-order valence-electron chi connectivity index (χ1n) is 7.72. The van der Waals surface area contributed by atoms with E-state index >= 15 is 0 Å². The van der Waals surface area contributed by atoms with Crippen LogP contribution in [0.15, 0.2) is 12.3 Å². The van der Waals surface area contributed by atoms with Gasteiger partial charge in [0, 0.05) is 45.0 Å². The molecule has 0 spiro atoms. The monoisotopic (exact) mass is 262 g/mol. The van der Waals surface area contributed by atoms with E-state index in [1.165, 1.54) is 37.9 Å². The van der Waals surface area contributed by atoms with E-state index in [1.807, 2.05) is 17.9 Å². The van der Waals surface area contributed by atoms with Gasteiger partial charge >= 0.3 is 0 Å². The summed E-state index contributed by atoms with van der Waals surface area (Å²) in [5.74, 6) is 0.939. The van der Waals surface area contributed by atoms with E-state index in [2.05, 4.69) is 28.3 Å². The molecule has 2 fully saturated rings. The summed E-state index contributed by atoms with van der Waals surface area (Å²) < 4.78 is 1.91. The summed E-state index contributed by atoms with van der Waals surface area (Å²) in [6, 6.07) is 3.55. The average Bonchev–Trinajstić information content (AvgIpc) is 3.16. The van der Waals surface area contributed by atoms with E-state index in [4.69, 9.17) is 0 Å². The molecule has 0 radical (unpaired) electrons. The first-order chi connectivity index (χ1) is 9.26. The van der Waals surface area contributed by atoms with Gasteiger partial charge in [0.05, 0.1) is 5.69 Å². The van der Waals surface area contributed by atoms with E-state index in [-0.39, 0.29) is 0 Å². The fraction of sp³-hybridized carbons (Fsp3) is 0.800. The lowest BCUT2D eigenvalue weighted by molar-refractivity contribution is 0.106. The minimum absolute atomic E-state index is 0.682. The van der Waals surface area contributed by atoms with Crippen LogP contribution < -0.4 is 5.32 Å². The van der Waals surface area contributed by atoms with E-state index in [0.29, 0.717) is 6.04 Å². The second-order valence-electron chi connectivity index (χ2n) is 6.20. The quantitative estimate of drug-likeness (QED) is 0.878. The third kappa shape index (κ3) is 3.18. The van der Waals surface area contributed by atoms with Crippen molar-refractivity contribution >= 4 is 0 Å². The Labute approximate surface area is 116 Å². The summed E-state index contributed by atoms with van der Waals surface area (Å²) in [4.78, 5) is 2.66. The number of piperazine rings is 1. The summed E-state index contributed by atoms with van der Waals surface area (Å²) in [5.41, 5.74) is 1.21. The molecule has 1 aromatic rings. The predicted octanol–water partition coefficient (Wildman–Crippen LogP) is 1.77. The highest BCUT2D eigenvalue weighted by molar-refractivity contribution is 5.01. The van der Waals surface area contributed by atoms with Crippen molar-refractivity contribution in [2.24, 2.45) is 13.0 Å². The van der Waals surface area contributed by atoms with Crippen molar-refractivity contribution < 1.29 is 0 Å². The first kappa shape index (κ1) is 13.1. The van der Waals surface area contributed by atoms with Gasteiger partial charge in [-0.05, 0) is 31.2 Å². The maximum Gasteiger partial charge on any atom is 0.0764 e. The van der Waals surface area contributed by atoms with Crippen LogP contribution in [0.5, 0.6) is 0 Å². The molecule has 1 aromatic heterocycles. The van der Waals surface area contributed by atoms with Crippen LogP contribution in [-0.2, 0) is 13.6 Å². The minimum Gasteiger partial charge on any atom is -0.311 e. The second-order valence-corrected chi connectivity index (χ2v) is 6.20. The average molecular weight is 262 g/mol. The smallest absolute Gasteiger partial charge is 0.0764 e. The molecule has 0 bridgehead atoms. The molecule has 1 aliphatic heterocycles. The standard InChI is InChI=1S/C15H26N4/c1-3-4-14-9-16-15(12-5-6-12)11-19(14)10-13-7-8-18(2)17-13/h7-8,12,14-16H,3-6,9-11H2,1-2H3. The molecular weight excluding hydrogens is 236 g/mol. The lowest BCUT2D eigenvalue weighted by Gasteiger charge is -2.40. The molecule has 0 amide bonds. The Morgan fingerprint density at radius 2 is 2.26 bits per heavy atom. The molecule has 0 aromatic carbocycles. The zero-order valence-electron chi connectivity index (χ0n) is 12.2. The van der Waals surface area contributed by atoms with Crippen LogP contribution in [-0.4, -0.2) is 39.9 Å². The molecule has 4 heteroatoms. The molecule has 1 saturated heterocycles. The van der Waals surface area contributed by atoms with Crippen LogP contribution in [0.3, 0.4) is 0 Å². The van der Waals surface area contributed by atoms with Gasteiger partial charge in [-0.2, -0.15) is 5.10 Å². The van der Waals surface area contributed by atoms with Crippen LogP contribution in [0.25, 0.3) is 0 Å². The Morgan fingerprint density at radius 3 is 2.89 bits per heavy atom. The van der Waals surface area contributed by atoms with Crippen LogP contribution in [0.2, 0.25) is 0 Å². The van der Waals surface area contributed by atoms with Crippen LogP contribution in [0.1, 0.15) is 38.3 Å². The minimum atomic E-state index is 0.682. The number of aromatic nitrogens is 2. The van der Waals surface area contributed by atoms with Gasteiger partial charge in [-0.1, -0.05) is 13.3 Å². The molecule has 2 atom stereocenters. The Morgan fingerprint density at radius 1 is 1.42 bits per heavy atom. The van der Waals surface area contributed by atoms with Crippen LogP contribution in [0, 0.1) is 5.92 Å². The van der Waals surface area contributed by atoms with Gasteiger partial charge in [-0.15, -0.1) is 0 Å².